The van der Waals surface area contributed by atoms with E-state index in [1.807, 2.05) is 24.0 Å². The van der Waals surface area contributed by atoms with Crippen molar-refractivity contribution in [3.63, 3.8) is 0 Å². The van der Waals surface area contributed by atoms with Crippen LogP contribution in [0, 0.1) is 5.92 Å². The molecule has 6 rings (SSSR count). The van der Waals surface area contributed by atoms with Gasteiger partial charge in [0.2, 0.25) is 5.91 Å². The first-order valence-electron chi connectivity index (χ1n) is 11.7. The lowest BCUT2D eigenvalue weighted by Gasteiger charge is -2.41. The summed E-state index contributed by atoms with van der Waals surface area (Å²) in [5, 5.41) is 0. The maximum absolute atomic E-state index is 12.7. The highest BCUT2D eigenvalue weighted by Crippen LogP contribution is 2.38. The number of hydrogen-bond donors (Lipinski definition) is 0. The second-order valence-electron chi connectivity index (χ2n) is 9.41. The van der Waals surface area contributed by atoms with Crippen molar-refractivity contribution in [3.05, 3.63) is 29.8 Å². The topological polar surface area (TPSA) is 53.1 Å². The maximum atomic E-state index is 12.7. The first kappa shape index (κ1) is 19.9. The van der Waals surface area contributed by atoms with Gasteiger partial charge in [-0.15, -0.1) is 0 Å². The quantitative estimate of drug-likeness (QED) is 0.765. The van der Waals surface area contributed by atoms with E-state index in [9.17, 15) is 9.59 Å². The number of hydrogen-bond acceptors (Lipinski definition) is 4. The van der Waals surface area contributed by atoms with E-state index in [0.717, 1.165) is 51.0 Å². The molecule has 0 radical (unpaired) electrons. The van der Waals surface area contributed by atoms with Gasteiger partial charge in [0, 0.05) is 43.4 Å². The Hall–Kier alpha value is -2.08. The van der Waals surface area contributed by atoms with E-state index in [1.54, 1.807) is 0 Å². The minimum atomic E-state index is -0.127. The minimum Gasteiger partial charge on any atom is -0.450 e. The van der Waals surface area contributed by atoms with Crippen LogP contribution < -0.4 is 4.90 Å². The third-order valence-electron chi connectivity index (χ3n) is 7.70. The summed E-state index contributed by atoms with van der Waals surface area (Å²) in [6.07, 6.45) is 7.07. The summed E-state index contributed by atoms with van der Waals surface area (Å²) in [7, 11) is 0. The Morgan fingerprint density at radius 2 is 1.83 bits per heavy atom. The SMILES string of the molecule is CCOC(=O)N1C[C@@H]2CC[C@@H]1C[C@@H](N1CCC(N3C(=O)Cc4ccccc43)CC1)C2. The van der Waals surface area contributed by atoms with Gasteiger partial charge in [0.25, 0.3) is 0 Å². The molecular formula is C24H33N3O3. The zero-order valence-corrected chi connectivity index (χ0v) is 18.0. The number of piperidine rings is 2. The van der Waals surface area contributed by atoms with Crippen LogP contribution in [-0.2, 0) is 16.0 Å². The summed E-state index contributed by atoms with van der Waals surface area (Å²) in [6, 6.07) is 9.42. The Morgan fingerprint density at radius 3 is 2.63 bits per heavy atom. The van der Waals surface area contributed by atoms with Crippen molar-refractivity contribution >= 4 is 17.7 Å². The molecule has 4 heterocycles. The van der Waals surface area contributed by atoms with E-state index in [4.69, 9.17) is 4.74 Å². The molecule has 1 aromatic rings. The Labute approximate surface area is 179 Å². The predicted octanol–water partition coefficient (Wildman–Crippen LogP) is 3.44. The van der Waals surface area contributed by atoms with Crippen LogP contribution in [-0.4, -0.2) is 66.2 Å². The van der Waals surface area contributed by atoms with E-state index in [2.05, 4.69) is 21.9 Å². The standard InChI is InChI=1S/C24H33N3O3/c1-2-30-24(29)26-16-17-7-8-20(26)15-21(13-17)25-11-9-19(10-12-25)27-22-6-4-3-5-18(22)14-23(27)28/h3-6,17,19-21H,2,7-16H2,1H3/t17-,20-,21+/m1/s1. The molecule has 2 bridgehead atoms. The number of carbonyl (C=O) groups excluding carboxylic acids is 2. The Morgan fingerprint density at radius 1 is 1.03 bits per heavy atom. The molecule has 1 aliphatic carbocycles. The molecule has 3 atom stereocenters. The van der Waals surface area contributed by atoms with E-state index in [0.29, 0.717) is 37.1 Å². The molecule has 2 amide bonds. The molecule has 30 heavy (non-hydrogen) atoms. The molecular weight excluding hydrogens is 378 g/mol. The highest BCUT2D eigenvalue weighted by atomic mass is 16.6. The molecule has 0 N–H and O–H groups in total. The molecule has 162 valence electrons. The third-order valence-corrected chi connectivity index (χ3v) is 7.70. The predicted molar refractivity (Wildman–Crippen MR) is 115 cm³/mol. The number of fused-ring (bicyclic) bond motifs is 5. The van der Waals surface area contributed by atoms with Crippen LogP contribution in [0.2, 0.25) is 0 Å². The fourth-order valence-electron chi connectivity index (χ4n) is 6.25. The first-order chi connectivity index (χ1) is 14.6. The van der Waals surface area contributed by atoms with Crippen molar-refractivity contribution in [2.24, 2.45) is 5.92 Å². The third kappa shape index (κ3) is 3.59. The van der Waals surface area contributed by atoms with Crippen LogP contribution in [0.4, 0.5) is 10.5 Å². The number of anilines is 1. The van der Waals surface area contributed by atoms with Crippen LogP contribution in [0.25, 0.3) is 0 Å². The van der Waals surface area contributed by atoms with Gasteiger partial charge in [0.05, 0.1) is 13.0 Å². The van der Waals surface area contributed by atoms with E-state index >= 15 is 0 Å². The number of benzene rings is 1. The molecule has 6 nitrogen and oxygen atoms in total. The molecule has 0 unspecified atom stereocenters. The molecule has 4 fully saturated rings. The summed E-state index contributed by atoms with van der Waals surface area (Å²) in [5.41, 5.74) is 2.29. The zero-order valence-electron chi connectivity index (χ0n) is 18.0. The second kappa shape index (κ2) is 8.22. The van der Waals surface area contributed by atoms with Crippen LogP contribution in [0.5, 0.6) is 0 Å². The molecule has 1 saturated carbocycles. The number of ether oxygens (including phenoxy) is 1. The summed E-state index contributed by atoms with van der Waals surface area (Å²) in [5.74, 6) is 0.843. The summed E-state index contributed by atoms with van der Waals surface area (Å²) in [4.78, 5) is 31.8. The van der Waals surface area contributed by atoms with Gasteiger partial charge >= 0.3 is 6.09 Å². The van der Waals surface area contributed by atoms with Crippen molar-refractivity contribution < 1.29 is 14.3 Å². The lowest BCUT2D eigenvalue weighted by molar-refractivity contribution is -0.118. The Bertz CT molecular complexity index is 805. The van der Waals surface area contributed by atoms with Gasteiger partial charge in [-0.2, -0.15) is 0 Å². The number of amides is 2. The van der Waals surface area contributed by atoms with E-state index in [-0.39, 0.29) is 12.0 Å². The van der Waals surface area contributed by atoms with E-state index in [1.165, 1.54) is 18.4 Å². The number of para-hydroxylation sites is 1. The highest BCUT2D eigenvalue weighted by Gasteiger charge is 2.42. The monoisotopic (exact) mass is 411 g/mol. The number of rotatable bonds is 3. The second-order valence-corrected chi connectivity index (χ2v) is 9.41. The molecule has 6 heteroatoms. The number of carbonyl (C=O) groups is 2. The molecule has 5 aliphatic rings. The Balaban J connectivity index is 1.22. The van der Waals surface area contributed by atoms with Gasteiger partial charge in [-0.3, -0.25) is 4.79 Å². The minimum absolute atomic E-state index is 0.127. The molecule has 3 saturated heterocycles. The first-order valence-corrected chi connectivity index (χ1v) is 11.7. The zero-order chi connectivity index (χ0) is 20.7. The normalized spacial score (nSPS) is 29.8. The number of likely N-dealkylation sites (tertiary alicyclic amines) is 1. The van der Waals surface area contributed by atoms with Crippen molar-refractivity contribution in [2.75, 3.05) is 31.1 Å². The lowest BCUT2D eigenvalue weighted by Crippen LogP contribution is -2.50. The van der Waals surface area contributed by atoms with Crippen LogP contribution >= 0.6 is 0 Å². The fraction of sp³-hybridized carbons (Fsp3) is 0.667. The average Bonchev–Trinajstić information content (AvgIpc) is 2.89. The largest absolute Gasteiger partial charge is 0.450 e. The smallest absolute Gasteiger partial charge is 0.410 e. The van der Waals surface area contributed by atoms with Gasteiger partial charge in [-0.1, -0.05) is 18.2 Å². The van der Waals surface area contributed by atoms with Crippen LogP contribution in [0.1, 0.15) is 51.0 Å². The summed E-state index contributed by atoms with van der Waals surface area (Å²) < 4.78 is 5.32. The molecule has 0 aromatic heterocycles. The lowest BCUT2D eigenvalue weighted by atomic mass is 9.94. The van der Waals surface area contributed by atoms with Crippen molar-refractivity contribution in [1.29, 1.82) is 0 Å². The molecule has 1 aromatic carbocycles. The van der Waals surface area contributed by atoms with E-state index < -0.39 is 0 Å². The van der Waals surface area contributed by atoms with Gasteiger partial charge in [0.1, 0.15) is 0 Å². The molecule has 4 aliphatic heterocycles. The summed E-state index contributed by atoms with van der Waals surface area (Å²) >= 11 is 0. The van der Waals surface area contributed by atoms with Gasteiger partial charge in [-0.25, -0.2) is 4.79 Å². The fourth-order valence-corrected chi connectivity index (χ4v) is 6.25. The Kier molecular flexibility index (Phi) is 5.44. The van der Waals surface area contributed by atoms with Crippen molar-refractivity contribution in [3.8, 4) is 0 Å². The van der Waals surface area contributed by atoms with Gasteiger partial charge in [0.15, 0.2) is 0 Å². The molecule has 0 spiro atoms. The van der Waals surface area contributed by atoms with Crippen molar-refractivity contribution in [2.45, 2.75) is 70.0 Å². The summed E-state index contributed by atoms with van der Waals surface area (Å²) in [6.45, 7) is 5.27. The van der Waals surface area contributed by atoms with Crippen LogP contribution in [0.3, 0.4) is 0 Å². The van der Waals surface area contributed by atoms with Gasteiger partial charge < -0.3 is 19.4 Å². The average molecular weight is 412 g/mol. The van der Waals surface area contributed by atoms with Gasteiger partial charge in [-0.05, 0) is 63.0 Å². The number of nitrogens with zero attached hydrogens (tertiary/aromatic N) is 3. The highest BCUT2D eigenvalue weighted by molar-refractivity contribution is 6.01. The van der Waals surface area contributed by atoms with Crippen LogP contribution in [0.15, 0.2) is 24.3 Å². The van der Waals surface area contributed by atoms with Crippen molar-refractivity contribution in [1.82, 2.24) is 9.80 Å². The maximum Gasteiger partial charge on any atom is 0.410 e.